The van der Waals surface area contributed by atoms with Gasteiger partial charge in [-0.05, 0) is 26.8 Å². The van der Waals surface area contributed by atoms with Crippen LogP contribution in [0.4, 0.5) is 19.0 Å². The van der Waals surface area contributed by atoms with E-state index in [0.29, 0.717) is 45.1 Å². The standard InChI is InChI=1S/C19H26ClF3N4O2/c1-12-10-27(11-13(2)29-12)18(28)14(3)25-4-6-26(7-5-25)17-16(20)8-15(9-24-17)19(21,22)23/h8-9,12-14H,4-7,10-11H2,1-3H3. The van der Waals surface area contributed by atoms with Crippen molar-refractivity contribution in [1.29, 1.82) is 0 Å². The van der Waals surface area contributed by atoms with Gasteiger partial charge in [0, 0.05) is 45.5 Å². The molecule has 0 aliphatic carbocycles. The molecule has 1 amide bonds. The molecule has 0 aromatic carbocycles. The van der Waals surface area contributed by atoms with Gasteiger partial charge in [-0.2, -0.15) is 13.2 Å². The zero-order valence-corrected chi connectivity index (χ0v) is 17.5. The Morgan fingerprint density at radius 3 is 2.31 bits per heavy atom. The number of carbonyl (C=O) groups is 1. The summed E-state index contributed by atoms with van der Waals surface area (Å²) in [6.45, 7) is 9.24. The number of carbonyl (C=O) groups excluding carboxylic acids is 1. The van der Waals surface area contributed by atoms with Gasteiger partial charge in [0.25, 0.3) is 0 Å². The quantitative estimate of drug-likeness (QED) is 0.732. The highest BCUT2D eigenvalue weighted by Crippen LogP contribution is 2.33. The number of hydrogen-bond acceptors (Lipinski definition) is 5. The number of pyridine rings is 1. The fourth-order valence-corrected chi connectivity index (χ4v) is 4.20. The summed E-state index contributed by atoms with van der Waals surface area (Å²) in [5.74, 6) is 0.417. The molecule has 0 radical (unpaired) electrons. The van der Waals surface area contributed by atoms with E-state index < -0.39 is 11.7 Å². The monoisotopic (exact) mass is 434 g/mol. The van der Waals surface area contributed by atoms with E-state index in [-0.39, 0.29) is 29.2 Å². The molecule has 2 fully saturated rings. The largest absolute Gasteiger partial charge is 0.417 e. The molecule has 10 heteroatoms. The normalized spacial score (nSPS) is 25.2. The van der Waals surface area contributed by atoms with Crippen molar-refractivity contribution in [3.05, 3.63) is 22.8 Å². The minimum absolute atomic E-state index is 0.0135. The molecule has 29 heavy (non-hydrogen) atoms. The van der Waals surface area contributed by atoms with Crippen LogP contribution in [0.25, 0.3) is 0 Å². The van der Waals surface area contributed by atoms with Crippen molar-refractivity contribution in [2.45, 2.75) is 45.2 Å². The Morgan fingerprint density at radius 1 is 1.21 bits per heavy atom. The Labute approximate surface area is 173 Å². The topological polar surface area (TPSA) is 48.9 Å². The lowest BCUT2D eigenvalue weighted by molar-refractivity contribution is -0.148. The first kappa shape index (κ1) is 22.1. The number of hydrogen-bond donors (Lipinski definition) is 0. The van der Waals surface area contributed by atoms with Gasteiger partial charge < -0.3 is 14.5 Å². The Kier molecular flexibility index (Phi) is 6.60. The van der Waals surface area contributed by atoms with Gasteiger partial charge in [0.05, 0.1) is 28.8 Å². The number of rotatable bonds is 3. The average molecular weight is 435 g/mol. The molecule has 2 aliphatic rings. The number of nitrogens with zero attached hydrogens (tertiary/aromatic N) is 4. The zero-order valence-electron chi connectivity index (χ0n) is 16.7. The number of halogens is 4. The average Bonchev–Trinajstić information content (AvgIpc) is 2.65. The highest BCUT2D eigenvalue weighted by molar-refractivity contribution is 6.33. The van der Waals surface area contributed by atoms with Crippen LogP contribution in [0, 0.1) is 0 Å². The number of piperazine rings is 1. The summed E-state index contributed by atoms with van der Waals surface area (Å²) < 4.78 is 44.1. The predicted molar refractivity (Wildman–Crippen MR) is 104 cm³/mol. The summed E-state index contributed by atoms with van der Waals surface area (Å²) in [5.41, 5.74) is -0.863. The first-order valence-electron chi connectivity index (χ1n) is 9.72. The third kappa shape index (κ3) is 5.13. The number of morpholine rings is 1. The highest BCUT2D eigenvalue weighted by atomic mass is 35.5. The van der Waals surface area contributed by atoms with Crippen LogP contribution in [-0.2, 0) is 15.7 Å². The van der Waals surface area contributed by atoms with E-state index in [0.717, 1.165) is 12.3 Å². The van der Waals surface area contributed by atoms with Crippen LogP contribution in [-0.4, -0.2) is 78.2 Å². The maximum absolute atomic E-state index is 12.9. The SMILES string of the molecule is CC1CN(C(=O)C(C)N2CCN(c3ncc(C(F)(F)F)cc3Cl)CC2)CC(C)O1. The fraction of sp³-hybridized carbons (Fsp3) is 0.684. The minimum Gasteiger partial charge on any atom is -0.372 e. The maximum Gasteiger partial charge on any atom is 0.417 e. The molecule has 3 rings (SSSR count). The molecular weight excluding hydrogens is 409 g/mol. The minimum atomic E-state index is -4.47. The van der Waals surface area contributed by atoms with Crippen LogP contribution in [0.3, 0.4) is 0 Å². The molecule has 3 heterocycles. The second-order valence-corrected chi connectivity index (χ2v) is 8.13. The van der Waals surface area contributed by atoms with E-state index in [1.807, 2.05) is 30.6 Å². The Morgan fingerprint density at radius 2 is 1.79 bits per heavy atom. The van der Waals surface area contributed by atoms with Gasteiger partial charge in [-0.3, -0.25) is 9.69 Å². The Hall–Kier alpha value is -1.58. The molecule has 162 valence electrons. The summed E-state index contributed by atoms with van der Waals surface area (Å²) in [5, 5.41) is -0.0197. The van der Waals surface area contributed by atoms with Crippen molar-refractivity contribution in [2.75, 3.05) is 44.2 Å². The van der Waals surface area contributed by atoms with E-state index >= 15 is 0 Å². The lowest BCUT2D eigenvalue weighted by Crippen LogP contribution is -2.57. The van der Waals surface area contributed by atoms with Gasteiger partial charge in [0.1, 0.15) is 5.82 Å². The van der Waals surface area contributed by atoms with Gasteiger partial charge in [0.15, 0.2) is 0 Å². The third-order valence-corrected chi connectivity index (χ3v) is 5.68. The molecule has 6 nitrogen and oxygen atoms in total. The Balaban J connectivity index is 1.59. The summed E-state index contributed by atoms with van der Waals surface area (Å²) in [6.07, 6.45) is -3.64. The van der Waals surface area contributed by atoms with Crippen molar-refractivity contribution in [3.63, 3.8) is 0 Å². The van der Waals surface area contributed by atoms with E-state index in [9.17, 15) is 18.0 Å². The van der Waals surface area contributed by atoms with Crippen LogP contribution in [0.2, 0.25) is 5.02 Å². The molecule has 2 saturated heterocycles. The second kappa shape index (κ2) is 8.65. The molecule has 0 saturated carbocycles. The second-order valence-electron chi connectivity index (χ2n) is 7.73. The highest BCUT2D eigenvalue weighted by Gasteiger charge is 2.34. The van der Waals surface area contributed by atoms with Crippen LogP contribution in [0.1, 0.15) is 26.3 Å². The van der Waals surface area contributed by atoms with Crippen molar-refractivity contribution >= 4 is 23.3 Å². The Bertz CT molecular complexity index is 731. The van der Waals surface area contributed by atoms with Crippen molar-refractivity contribution in [1.82, 2.24) is 14.8 Å². The molecule has 0 bridgehead atoms. The van der Waals surface area contributed by atoms with Gasteiger partial charge in [-0.15, -0.1) is 0 Å². The van der Waals surface area contributed by atoms with Gasteiger partial charge in [-0.1, -0.05) is 11.6 Å². The summed E-state index contributed by atoms with van der Waals surface area (Å²) in [7, 11) is 0. The number of alkyl halides is 3. The maximum atomic E-state index is 12.9. The fourth-order valence-electron chi connectivity index (χ4n) is 3.92. The molecule has 1 aromatic heterocycles. The van der Waals surface area contributed by atoms with Gasteiger partial charge in [-0.25, -0.2) is 4.98 Å². The van der Waals surface area contributed by atoms with E-state index in [1.165, 1.54) is 0 Å². The van der Waals surface area contributed by atoms with Crippen molar-refractivity contribution in [2.24, 2.45) is 0 Å². The number of anilines is 1. The van der Waals surface area contributed by atoms with Crippen molar-refractivity contribution in [3.8, 4) is 0 Å². The smallest absolute Gasteiger partial charge is 0.372 e. The molecule has 1 aromatic rings. The van der Waals surface area contributed by atoms with E-state index in [2.05, 4.69) is 9.88 Å². The molecule has 0 N–H and O–H groups in total. The molecule has 2 aliphatic heterocycles. The number of amides is 1. The molecular formula is C19H26ClF3N4O2. The van der Waals surface area contributed by atoms with Gasteiger partial charge >= 0.3 is 6.18 Å². The molecule has 0 spiro atoms. The van der Waals surface area contributed by atoms with Crippen LogP contribution in [0.5, 0.6) is 0 Å². The van der Waals surface area contributed by atoms with Crippen LogP contribution in [0.15, 0.2) is 12.3 Å². The first-order valence-corrected chi connectivity index (χ1v) is 10.1. The molecule has 3 atom stereocenters. The molecule has 3 unspecified atom stereocenters. The van der Waals surface area contributed by atoms with Gasteiger partial charge in [0.2, 0.25) is 5.91 Å². The third-order valence-electron chi connectivity index (χ3n) is 5.40. The number of aromatic nitrogens is 1. The van der Waals surface area contributed by atoms with Crippen molar-refractivity contribution < 1.29 is 22.7 Å². The van der Waals surface area contributed by atoms with E-state index in [1.54, 1.807) is 0 Å². The van der Waals surface area contributed by atoms with Crippen LogP contribution >= 0.6 is 11.6 Å². The van der Waals surface area contributed by atoms with Crippen LogP contribution < -0.4 is 4.90 Å². The van der Waals surface area contributed by atoms with E-state index in [4.69, 9.17) is 16.3 Å². The summed E-state index contributed by atoms with van der Waals surface area (Å²) >= 11 is 6.06. The lowest BCUT2D eigenvalue weighted by atomic mass is 10.1. The predicted octanol–water partition coefficient (Wildman–Crippen LogP) is 2.90. The number of ether oxygens (including phenoxy) is 1. The first-order chi connectivity index (χ1) is 13.6. The zero-order chi connectivity index (χ0) is 21.3. The summed E-state index contributed by atoms with van der Waals surface area (Å²) in [6, 6.07) is 0.633. The summed E-state index contributed by atoms with van der Waals surface area (Å²) in [4.78, 5) is 22.6. The lowest BCUT2D eigenvalue weighted by Gasteiger charge is -2.41.